The number of hydrogen-bond donors (Lipinski definition) is 1. The molecule has 0 amide bonds. The molecule has 0 spiro atoms. The monoisotopic (exact) mass is 113 g/mol. The van der Waals surface area contributed by atoms with Crippen LogP contribution in [0.2, 0.25) is 0 Å². The van der Waals surface area contributed by atoms with Crippen LogP contribution in [0.1, 0.15) is 6.92 Å². The first-order chi connectivity index (χ1) is 3.72. The van der Waals surface area contributed by atoms with E-state index in [2.05, 4.69) is 6.58 Å². The summed E-state index contributed by atoms with van der Waals surface area (Å²) < 4.78 is 0. The van der Waals surface area contributed by atoms with Crippen LogP contribution in [0.15, 0.2) is 12.7 Å². The molecule has 46 valence electrons. The molecule has 0 aromatic carbocycles. The van der Waals surface area contributed by atoms with Crippen molar-refractivity contribution in [2.75, 3.05) is 6.54 Å². The van der Waals surface area contributed by atoms with Crippen molar-refractivity contribution in [2.45, 2.75) is 6.92 Å². The number of carbonyl (C=O) groups is 1. The van der Waals surface area contributed by atoms with Crippen LogP contribution in [0.3, 0.4) is 0 Å². The molecule has 2 N–H and O–H groups in total. The SMILES string of the molecule is C=CC(CN)C(C)=O. The maximum atomic E-state index is 10.5. The van der Waals surface area contributed by atoms with Gasteiger partial charge in [0, 0.05) is 12.5 Å². The standard InChI is InChI=1S/C6H11NO/c1-3-6(4-7)5(2)8/h3,6H,1,4,7H2,2H3. The third-order valence-corrected chi connectivity index (χ3v) is 1.06. The van der Waals surface area contributed by atoms with Gasteiger partial charge in [0.15, 0.2) is 0 Å². The van der Waals surface area contributed by atoms with E-state index in [-0.39, 0.29) is 11.7 Å². The summed E-state index contributed by atoms with van der Waals surface area (Å²) in [6.07, 6.45) is 1.57. The predicted octanol–water partition coefficient (Wildman–Crippen LogP) is 0.336. The van der Waals surface area contributed by atoms with E-state index in [1.165, 1.54) is 6.92 Å². The zero-order valence-corrected chi connectivity index (χ0v) is 5.05. The first-order valence-corrected chi connectivity index (χ1v) is 2.55. The van der Waals surface area contributed by atoms with Gasteiger partial charge in [-0.25, -0.2) is 0 Å². The van der Waals surface area contributed by atoms with Gasteiger partial charge in [-0.15, -0.1) is 6.58 Å². The molecule has 0 aromatic rings. The number of nitrogens with two attached hydrogens (primary N) is 1. The Labute approximate surface area is 49.4 Å². The van der Waals surface area contributed by atoms with Crippen molar-refractivity contribution in [2.24, 2.45) is 11.7 Å². The molecule has 0 aliphatic heterocycles. The van der Waals surface area contributed by atoms with Gasteiger partial charge in [-0.3, -0.25) is 4.79 Å². The maximum absolute atomic E-state index is 10.5. The minimum atomic E-state index is -0.144. The number of Topliss-reactive ketones (excluding diaryl/α,β-unsaturated/α-hetero) is 1. The Morgan fingerprint density at radius 1 is 2.00 bits per heavy atom. The average Bonchev–Trinajstić information content (AvgIpc) is 1.69. The van der Waals surface area contributed by atoms with Gasteiger partial charge in [0.25, 0.3) is 0 Å². The van der Waals surface area contributed by atoms with Crippen LogP contribution in [0.4, 0.5) is 0 Å². The molecule has 0 bridgehead atoms. The van der Waals surface area contributed by atoms with Gasteiger partial charge >= 0.3 is 0 Å². The molecule has 0 radical (unpaired) electrons. The summed E-state index contributed by atoms with van der Waals surface area (Å²) in [5, 5.41) is 0. The van der Waals surface area contributed by atoms with Crippen molar-refractivity contribution in [3.05, 3.63) is 12.7 Å². The Kier molecular flexibility index (Phi) is 3.12. The van der Waals surface area contributed by atoms with Gasteiger partial charge in [-0.2, -0.15) is 0 Å². The van der Waals surface area contributed by atoms with E-state index in [1.54, 1.807) is 6.08 Å². The normalized spacial score (nSPS) is 12.8. The zero-order valence-electron chi connectivity index (χ0n) is 5.05. The smallest absolute Gasteiger partial charge is 0.137 e. The van der Waals surface area contributed by atoms with Crippen molar-refractivity contribution in [1.82, 2.24) is 0 Å². The lowest BCUT2D eigenvalue weighted by Crippen LogP contribution is -2.18. The second-order valence-electron chi connectivity index (χ2n) is 1.69. The van der Waals surface area contributed by atoms with Gasteiger partial charge in [0.05, 0.1) is 0 Å². The van der Waals surface area contributed by atoms with Gasteiger partial charge in [-0.05, 0) is 6.92 Å². The Bertz CT molecular complexity index is 98.7. The fourth-order valence-electron chi connectivity index (χ4n) is 0.428. The third-order valence-electron chi connectivity index (χ3n) is 1.06. The van der Waals surface area contributed by atoms with E-state index in [1.807, 2.05) is 0 Å². The molecule has 0 saturated heterocycles. The van der Waals surface area contributed by atoms with Crippen molar-refractivity contribution >= 4 is 5.78 Å². The van der Waals surface area contributed by atoms with E-state index in [9.17, 15) is 4.79 Å². The van der Waals surface area contributed by atoms with E-state index >= 15 is 0 Å². The molecule has 0 rings (SSSR count). The van der Waals surface area contributed by atoms with Gasteiger partial charge in [-0.1, -0.05) is 6.08 Å². The highest BCUT2D eigenvalue weighted by Crippen LogP contribution is 1.94. The number of rotatable bonds is 3. The molecule has 0 aliphatic carbocycles. The van der Waals surface area contributed by atoms with E-state index in [0.717, 1.165) is 0 Å². The van der Waals surface area contributed by atoms with Gasteiger partial charge in [0.1, 0.15) is 5.78 Å². The zero-order chi connectivity index (χ0) is 6.57. The highest BCUT2D eigenvalue weighted by Gasteiger charge is 2.04. The van der Waals surface area contributed by atoms with Gasteiger partial charge in [0.2, 0.25) is 0 Å². The van der Waals surface area contributed by atoms with Crippen molar-refractivity contribution in [3.8, 4) is 0 Å². The second kappa shape index (κ2) is 3.38. The topological polar surface area (TPSA) is 43.1 Å². The lowest BCUT2D eigenvalue weighted by Gasteiger charge is -2.00. The summed E-state index contributed by atoms with van der Waals surface area (Å²) in [5.41, 5.74) is 5.19. The number of hydrogen-bond acceptors (Lipinski definition) is 2. The van der Waals surface area contributed by atoms with Crippen LogP contribution in [-0.4, -0.2) is 12.3 Å². The molecule has 0 aromatic heterocycles. The first-order valence-electron chi connectivity index (χ1n) is 2.55. The minimum absolute atomic E-state index is 0.0856. The first kappa shape index (κ1) is 7.37. The molecule has 2 nitrogen and oxygen atoms in total. The predicted molar refractivity (Wildman–Crippen MR) is 33.4 cm³/mol. The molecule has 8 heavy (non-hydrogen) atoms. The molecule has 0 saturated carbocycles. The van der Waals surface area contributed by atoms with Crippen LogP contribution in [0, 0.1) is 5.92 Å². The fourth-order valence-corrected chi connectivity index (χ4v) is 0.428. The molecule has 1 atom stereocenters. The van der Waals surface area contributed by atoms with Crippen molar-refractivity contribution < 1.29 is 4.79 Å². The minimum Gasteiger partial charge on any atom is -0.329 e. The summed E-state index contributed by atoms with van der Waals surface area (Å²) in [6.45, 7) is 5.34. The molecular formula is C6H11NO. The van der Waals surface area contributed by atoms with E-state index < -0.39 is 0 Å². The molecule has 0 aliphatic rings. The Balaban J connectivity index is 3.69. The summed E-state index contributed by atoms with van der Waals surface area (Å²) in [7, 11) is 0. The fraction of sp³-hybridized carbons (Fsp3) is 0.500. The molecule has 2 heteroatoms. The molecule has 0 fully saturated rings. The summed E-state index contributed by atoms with van der Waals surface area (Å²) in [5.74, 6) is -0.0579. The molecular weight excluding hydrogens is 102 g/mol. The maximum Gasteiger partial charge on any atom is 0.137 e. The quantitative estimate of drug-likeness (QED) is 0.536. The summed E-state index contributed by atoms with van der Waals surface area (Å²) >= 11 is 0. The number of ketones is 1. The average molecular weight is 113 g/mol. The second-order valence-corrected chi connectivity index (χ2v) is 1.69. The number of carbonyl (C=O) groups excluding carboxylic acids is 1. The third kappa shape index (κ3) is 1.89. The lowest BCUT2D eigenvalue weighted by molar-refractivity contribution is -0.119. The lowest BCUT2D eigenvalue weighted by atomic mass is 10.1. The van der Waals surface area contributed by atoms with E-state index in [4.69, 9.17) is 5.73 Å². The summed E-state index contributed by atoms with van der Waals surface area (Å²) in [4.78, 5) is 10.5. The van der Waals surface area contributed by atoms with Crippen LogP contribution in [0.5, 0.6) is 0 Å². The Morgan fingerprint density at radius 3 is 2.50 bits per heavy atom. The van der Waals surface area contributed by atoms with Crippen LogP contribution < -0.4 is 5.73 Å². The largest absolute Gasteiger partial charge is 0.329 e. The summed E-state index contributed by atoms with van der Waals surface area (Å²) in [6, 6.07) is 0. The van der Waals surface area contributed by atoms with Crippen LogP contribution in [-0.2, 0) is 4.79 Å². The molecule has 1 unspecified atom stereocenters. The highest BCUT2D eigenvalue weighted by atomic mass is 16.1. The Hall–Kier alpha value is -0.630. The van der Waals surface area contributed by atoms with E-state index in [0.29, 0.717) is 6.54 Å². The van der Waals surface area contributed by atoms with Crippen LogP contribution in [0.25, 0.3) is 0 Å². The highest BCUT2D eigenvalue weighted by molar-refractivity contribution is 5.80. The Morgan fingerprint density at radius 2 is 2.50 bits per heavy atom. The van der Waals surface area contributed by atoms with Gasteiger partial charge < -0.3 is 5.73 Å². The van der Waals surface area contributed by atoms with Crippen LogP contribution >= 0.6 is 0 Å². The van der Waals surface area contributed by atoms with Crippen molar-refractivity contribution in [1.29, 1.82) is 0 Å². The molecule has 0 heterocycles. The van der Waals surface area contributed by atoms with Crippen molar-refractivity contribution in [3.63, 3.8) is 0 Å².